The number of fused-ring (bicyclic) bond motifs is 2. The Morgan fingerprint density at radius 1 is 0.533 bits per heavy atom. The second-order valence-electron chi connectivity index (χ2n) is 6.61. The van der Waals surface area contributed by atoms with Gasteiger partial charge in [-0.3, -0.25) is 0 Å². The van der Waals surface area contributed by atoms with Crippen molar-refractivity contribution in [1.82, 2.24) is 0 Å². The Morgan fingerprint density at radius 2 is 1.00 bits per heavy atom. The summed E-state index contributed by atoms with van der Waals surface area (Å²) in [5, 5.41) is 2.01. The third-order valence-electron chi connectivity index (χ3n) is 5.09. The first-order chi connectivity index (χ1) is 14.6. The molecule has 0 aliphatic carbocycles. The molecule has 1 aromatic heterocycles. The van der Waals surface area contributed by atoms with Crippen LogP contribution in [-0.4, -0.2) is 35.5 Å². The average molecular weight is 424 g/mol. The summed E-state index contributed by atoms with van der Waals surface area (Å²) < 4.78 is 30.0. The number of rotatable bonds is 6. The van der Waals surface area contributed by atoms with Crippen LogP contribution in [-0.2, 0) is 0 Å². The van der Waals surface area contributed by atoms with E-state index in [4.69, 9.17) is 23.7 Å². The van der Waals surface area contributed by atoms with Crippen LogP contribution in [0.3, 0.4) is 0 Å². The molecule has 3 aromatic carbocycles. The maximum Gasteiger partial charge on any atom is 0.246 e. The molecule has 4 rings (SSSR count). The van der Waals surface area contributed by atoms with Crippen LogP contribution in [0.2, 0.25) is 0 Å². The zero-order valence-electron chi connectivity index (χ0n) is 17.6. The van der Waals surface area contributed by atoms with Crippen molar-refractivity contribution >= 4 is 31.5 Å². The van der Waals surface area contributed by atoms with Crippen molar-refractivity contribution in [2.24, 2.45) is 0 Å². The lowest BCUT2D eigenvalue weighted by molar-refractivity contribution is 0.397. The quantitative estimate of drug-likeness (QED) is 0.279. The van der Waals surface area contributed by atoms with Crippen molar-refractivity contribution in [2.45, 2.75) is 0 Å². The molecular formula is C24H23O5S+. The van der Waals surface area contributed by atoms with Gasteiger partial charge in [-0.15, -0.1) is 0 Å². The third-order valence-corrected chi connectivity index (χ3v) is 6.17. The molecule has 30 heavy (non-hydrogen) atoms. The fourth-order valence-corrected chi connectivity index (χ4v) is 4.83. The van der Waals surface area contributed by atoms with Gasteiger partial charge in [0, 0.05) is 29.8 Å². The van der Waals surface area contributed by atoms with E-state index in [1.165, 1.54) is 0 Å². The maximum atomic E-state index is 5.78. The average Bonchev–Trinajstić information content (AvgIpc) is 2.80. The highest BCUT2D eigenvalue weighted by atomic mass is 32.1. The lowest BCUT2D eigenvalue weighted by atomic mass is 9.97. The predicted octanol–water partition coefficient (Wildman–Crippen LogP) is 6.05. The largest absolute Gasteiger partial charge is 0.497 e. The van der Waals surface area contributed by atoms with E-state index < -0.39 is 0 Å². The smallest absolute Gasteiger partial charge is 0.246 e. The summed E-state index contributed by atoms with van der Waals surface area (Å²) in [5.41, 5.74) is 2.06. The molecule has 0 unspecified atom stereocenters. The molecule has 0 saturated heterocycles. The van der Waals surface area contributed by atoms with Crippen LogP contribution >= 0.6 is 11.3 Å². The van der Waals surface area contributed by atoms with E-state index in [2.05, 4.69) is 0 Å². The van der Waals surface area contributed by atoms with Crippen molar-refractivity contribution < 1.29 is 23.7 Å². The Hall–Kier alpha value is -3.25. The molecule has 0 spiro atoms. The maximum absolute atomic E-state index is 5.78. The number of methoxy groups -OCH3 is 5. The summed E-state index contributed by atoms with van der Waals surface area (Å²) in [6.45, 7) is 0. The molecule has 0 N–H and O–H groups in total. The first-order valence-electron chi connectivity index (χ1n) is 9.35. The predicted molar refractivity (Wildman–Crippen MR) is 122 cm³/mol. The van der Waals surface area contributed by atoms with Gasteiger partial charge in [0.05, 0.1) is 46.3 Å². The Bertz CT molecular complexity index is 1150. The lowest BCUT2D eigenvalue weighted by Crippen LogP contribution is -1.94. The molecule has 4 aromatic rings. The second-order valence-corrected chi connectivity index (χ2v) is 7.69. The summed E-state index contributed by atoms with van der Waals surface area (Å²) >= 11 is 1.64. The summed E-state index contributed by atoms with van der Waals surface area (Å²) in [4.78, 5) is 0. The fraction of sp³-hybridized carbons (Fsp3) is 0.208. The van der Waals surface area contributed by atoms with Gasteiger partial charge in [0.2, 0.25) is 20.7 Å². The minimum absolute atomic E-state index is 0.741. The standard InChI is InChI=1S/C24H23O5S/c1-25-15-8-6-14(7-9-15)22-23-18(28-4)10-16(26-2)12-20(23)30-21-13-17(27-3)11-19(29-5)24(21)22/h6-13H,1-5H3/q+1. The molecule has 0 amide bonds. The summed E-state index contributed by atoms with van der Waals surface area (Å²) in [6.07, 6.45) is 0. The van der Waals surface area contributed by atoms with E-state index in [9.17, 15) is 0 Å². The zero-order chi connectivity index (χ0) is 21.3. The van der Waals surface area contributed by atoms with Gasteiger partial charge in [-0.25, -0.2) is 0 Å². The molecule has 0 saturated carbocycles. The highest BCUT2D eigenvalue weighted by Gasteiger charge is 2.26. The highest BCUT2D eigenvalue weighted by Crippen LogP contribution is 2.49. The van der Waals surface area contributed by atoms with Crippen molar-refractivity contribution in [1.29, 1.82) is 0 Å². The Kier molecular flexibility index (Phi) is 5.50. The Balaban J connectivity index is 2.21. The Morgan fingerprint density at radius 3 is 1.40 bits per heavy atom. The van der Waals surface area contributed by atoms with Gasteiger partial charge in [-0.2, -0.15) is 0 Å². The van der Waals surface area contributed by atoms with Crippen molar-refractivity contribution in [3.05, 3.63) is 48.5 Å². The number of ether oxygens (including phenoxy) is 5. The van der Waals surface area contributed by atoms with Crippen LogP contribution in [0.5, 0.6) is 28.7 Å². The van der Waals surface area contributed by atoms with Crippen molar-refractivity contribution in [3.63, 3.8) is 0 Å². The van der Waals surface area contributed by atoms with Gasteiger partial charge in [-0.1, -0.05) is 12.1 Å². The molecule has 6 heteroatoms. The molecule has 1 heterocycles. The first kappa shape index (κ1) is 20.0. The minimum Gasteiger partial charge on any atom is -0.497 e. The van der Waals surface area contributed by atoms with Crippen LogP contribution in [0.1, 0.15) is 0 Å². The number of hydrogen-bond acceptors (Lipinski definition) is 5. The molecule has 0 atom stereocenters. The van der Waals surface area contributed by atoms with Gasteiger partial charge in [0.15, 0.2) is 0 Å². The molecule has 0 fully saturated rings. The normalized spacial score (nSPS) is 10.8. The van der Waals surface area contributed by atoms with E-state index in [1.807, 2.05) is 48.5 Å². The molecule has 0 radical (unpaired) electrons. The van der Waals surface area contributed by atoms with E-state index >= 15 is 0 Å². The van der Waals surface area contributed by atoms with Crippen molar-refractivity contribution in [3.8, 4) is 39.9 Å². The van der Waals surface area contributed by atoms with Crippen LogP contribution in [0.25, 0.3) is 31.3 Å². The summed E-state index contributed by atoms with van der Waals surface area (Å²) in [6, 6.07) is 15.9. The first-order valence-corrected chi connectivity index (χ1v) is 10.2. The number of benzene rings is 3. The molecule has 0 aliphatic heterocycles. The van der Waals surface area contributed by atoms with Gasteiger partial charge in [0.25, 0.3) is 0 Å². The highest BCUT2D eigenvalue weighted by molar-refractivity contribution is 7.25. The second kappa shape index (κ2) is 8.24. The molecule has 0 bridgehead atoms. The minimum atomic E-state index is 0.741. The van der Waals surface area contributed by atoms with Gasteiger partial charge in [0.1, 0.15) is 28.7 Å². The molecule has 154 valence electrons. The summed E-state index contributed by atoms with van der Waals surface area (Å²) in [7, 11) is 8.32. The molecular weight excluding hydrogens is 400 g/mol. The van der Waals surface area contributed by atoms with Crippen LogP contribution in [0, 0.1) is 0 Å². The number of hydrogen-bond donors (Lipinski definition) is 0. The summed E-state index contributed by atoms with van der Waals surface area (Å²) in [5.74, 6) is 3.77. The monoisotopic (exact) mass is 423 g/mol. The van der Waals surface area contributed by atoms with Crippen LogP contribution < -0.4 is 23.7 Å². The third kappa shape index (κ3) is 3.33. The molecule has 5 nitrogen and oxygen atoms in total. The fourth-order valence-electron chi connectivity index (χ4n) is 3.63. The van der Waals surface area contributed by atoms with Gasteiger partial charge in [-0.05, 0) is 17.7 Å². The van der Waals surface area contributed by atoms with Gasteiger partial charge >= 0.3 is 0 Å². The van der Waals surface area contributed by atoms with E-state index in [0.29, 0.717) is 0 Å². The lowest BCUT2D eigenvalue weighted by Gasteiger charge is -2.14. The van der Waals surface area contributed by atoms with E-state index in [1.54, 1.807) is 46.9 Å². The van der Waals surface area contributed by atoms with Crippen LogP contribution in [0.15, 0.2) is 48.5 Å². The van der Waals surface area contributed by atoms with Gasteiger partial charge < -0.3 is 23.7 Å². The SMILES string of the molecule is COc1ccc(-c2c3c(OC)cc(OC)cc3[s+]c3cc(OC)cc(OC)c23)cc1. The zero-order valence-corrected chi connectivity index (χ0v) is 18.4. The van der Waals surface area contributed by atoms with E-state index in [-0.39, 0.29) is 0 Å². The van der Waals surface area contributed by atoms with E-state index in [0.717, 1.165) is 60.0 Å². The molecule has 0 aliphatic rings. The van der Waals surface area contributed by atoms with Crippen molar-refractivity contribution in [2.75, 3.05) is 35.5 Å². The topological polar surface area (TPSA) is 46.2 Å². The Labute approximate surface area is 179 Å². The van der Waals surface area contributed by atoms with Crippen LogP contribution in [0.4, 0.5) is 0 Å².